The quantitative estimate of drug-likeness (QED) is 0.748. The largest absolute Gasteiger partial charge is 0.481 e. The average Bonchev–Trinajstić information content (AvgIpc) is 2.17. The van der Waals surface area contributed by atoms with Gasteiger partial charge >= 0.3 is 5.97 Å². The number of benzene rings is 1. The molecule has 4 heteroatoms. The number of nitrogens with one attached hydrogen (secondary N) is 1. The van der Waals surface area contributed by atoms with Gasteiger partial charge in [-0.25, -0.2) is 0 Å². The zero-order valence-corrected chi connectivity index (χ0v) is 8.38. The van der Waals surface area contributed by atoms with E-state index in [0.717, 1.165) is 11.3 Å². The molecule has 1 atom stereocenters. The van der Waals surface area contributed by atoms with E-state index in [9.17, 15) is 4.79 Å². The highest BCUT2D eigenvalue weighted by molar-refractivity contribution is 5.85. The van der Waals surface area contributed by atoms with Gasteiger partial charge in [-0.3, -0.25) is 4.79 Å². The van der Waals surface area contributed by atoms with Crippen LogP contribution < -0.4 is 5.32 Å². The number of carbonyl (C=O) groups is 1. The molecule has 0 aromatic heterocycles. The number of hydrogen-bond acceptors (Lipinski definition) is 2. The van der Waals surface area contributed by atoms with E-state index in [4.69, 9.17) is 5.11 Å². The second-order valence-corrected chi connectivity index (χ2v) is 3.28. The Labute approximate surface area is 88.5 Å². The number of halogens is 1. The van der Waals surface area contributed by atoms with Gasteiger partial charge in [0.15, 0.2) is 0 Å². The van der Waals surface area contributed by atoms with Crippen LogP contribution in [0.15, 0.2) is 24.3 Å². The van der Waals surface area contributed by atoms with Gasteiger partial charge in [0.1, 0.15) is 0 Å². The summed E-state index contributed by atoms with van der Waals surface area (Å²) in [6.07, 6.45) is 0.637. The monoisotopic (exact) mass is 213 g/mol. The minimum Gasteiger partial charge on any atom is -0.481 e. The number of aliphatic carboxylic acids is 1. The van der Waals surface area contributed by atoms with Gasteiger partial charge in [-0.1, -0.05) is 18.2 Å². The molecule has 3 nitrogen and oxygen atoms in total. The van der Waals surface area contributed by atoms with Crippen LogP contribution in [0, 0.1) is 5.92 Å². The molecule has 0 amide bonds. The van der Waals surface area contributed by atoms with E-state index in [2.05, 4.69) is 5.32 Å². The molecule has 0 bridgehead atoms. The highest BCUT2D eigenvalue weighted by atomic mass is 35.5. The van der Waals surface area contributed by atoms with Crippen LogP contribution in [0.4, 0.5) is 5.69 Å². The van der Waals surface area contributed by atoms with Gasteiger partial charge in [0.05, 0.1) is 5.92 Å². The Morgan fingerprint density at radius 3 is 2.86 bits per heavy atom. The molecule has 1 unspecified atom stereocenters. The topological polar surface area (TPSA) is 49.3 Å². The molecule has 2 N–H and O–H groups in total. The highest BCUT2D eigenvalue weighted by Crippen LogP contribution is 2.23. The predicted octanol–water partition coefficient (Wildman–Crippen LogP) is 1.78. The molecule has 1 aromatic carbocycles. The first kappa shape index (κ1) is 10.9. The predicted molar refractivity (Wildman–Crippen MR) is 57.0 cm³/mol. The lowest BCUT2D eigenvalue weighted by Gasteiger charge is -2.22. The second kappa shape index (κ2) is 4.33. The Bertz CT molecular complexity index is 341. The van der Waals surface area contributed by atoms with Crippen molar-refractivity contribution < 1.29 is 9.90 Å². The standard InChI is InChI=1S/C10H11NO2.ClH/c12-10(13)8-5-7-3-1-2-4-9(7)11-6-8;/h1-4,8,11H,5-6H2,(H,12,13);1H. The van der Waals surface area contributed by atoms with Crippen molar-refractivity contribution in [3.8, 4) is 0 Å². The van der Waals surface area contributed by atoms with E-state index in [0.29, 0.717) is 13.0 Å². The SMILES string of the molecule is Cl.O=C(O)C1CNc2ccccc2C1. The molecule has 0 fully saturated rings. The minimum absolute atomic E-state index is 0. The van der Waals surface area contributed by atoms with Gasteiger partial charge in [0.25, 0.3) is 0 Å². The molecule has 2 rings (SSSR count). The molecule has 1 aliphatic rings. The summed E-state index contributed by atoms with van der Waals surface area (Å²) < 4.78 is 0. The number of rotatable bonds is 1. The summed E-state index contributed by atoms with van der Waals surface area (Å²) in [5.74, 6) is -1.00. The van der Waals surface area contributed by atoms with Crippen LogP contribution in [0.5, 0.6) is 0 Å². The Kier molecular flexibility index (Phi) is 3.36. The number of hydrogen-bond donors (Lipinski definition) is 2. The maximum absolute atomic E-state index is 10.7. The van der Waals surface area contributed by atoms with Gasteiger partial charge in [0, 0.05) is 12.2 Å². The molecular formula is C10H12ClNO2. The summed E-state index contributed by atoms with van der Waals surface area (Å²) in [5.41, 5.74) is 2.17. The van der Waals surface area contributed by atoms with Crippen molar-refractivity contribution in [2.75, 3.05) is 11.9 Å². The second-order valence-electron chi connectivity index (χ2n) is 3.28. The zero-order chi connectivity index (χ0) is 9.26. The molecule has 76 valence electrons. The van der Waals surface area contributed by atoms with E-state index >= 15 is 0 Å². The molecular weight excluding hydrogens is 202 g/mol. The minimum atomic E-state index is -0.720. The number of carboxylic acid groups (broad SMARTS) is 1. The van der Waals surface area contributed by atoms with Crippen LogP contribution in [0.1, 0.15) is 5.56 Å². The van der Waals surface area contributed by atoms with E-state index < -0.39 is 5.97 Å². The van der Waals surface area contributed by atoms with Crippen LogP contribution in [-0.2, 0) is 11.2 Å². The summed E-state index contributed by atoms with van der Waals surface area (Å²) >= 11 is 0. The third-order valence-corrected chi connectivity index (χ3v) is 2.37. The lowest BCUT2D eigenvalue weighted by atomic mass is 9.94. The van der Waals surface area contributed by atoms with Crippen molar-refractivity contribution in [3.63, 3.8) is 0 Å². The Balaban J connectivity index is 0.000000980. The fourth-order valence-electron chi connectivity index (χ4n) is 1.62. The zero-order valence-electron chi connectivity index (χ0n) is 7.56. The molecule has 0 saturated carbocycles. The van der Waals surface area contributed by atoms with Crippen molar-refractivity contribution in [1.82, 2.24) is 0 Å². The lowest BCUT2D eigenvalue weighted by molar-refractivity contribution is -0.141. The fourth-order valence-corrected chi connectivity index (χ4v) is 1.62. The molecule has 0 aliphatic carbocycles. The van der Waals surface area contributed by atoms with E-state index in [1.165, 1.54) is 0 Å². The van der Waals surface area contributed by atoms with Crippen molar-refractivity contribution in [2.45, 2.75) is 6.42 Å². The average molecular weight is 214 g/mol. The molecule has 1 heterocycles. The maximum Gasteiger partial charge on any atom is 0.308 e. The summed E-state index contributed by atoms with van der Waals surface area (Å²) in [4.78, 5) is 10.7. The van der Waals surface area contributed by atoms with Crippen molar-refractivity contribution in [3.05, 3.63) is 29.8 Å². The Hall–Kier alpha value is -1.22. The van der Waals surface area contributed by atoms with Crippen LogP contribution >= 0.6 is 12.4 Å². The van der Waals surface area contributed by atoms with E-state index in [1.807, 2.05) is 24.3 Å². The highest BCUT2D eigenvalue weighted by Gasteiger charge is 2.23. The summed E-state index contributed by atoms with van der Waals surface area (Å²) in [6.45, 7) is 0.534. The first-order valence-electron chi connectivity index (χ1n) is 4.32. The molecule has 0 saturated heterocycles. The third-order valence-electron chi connectivity index (χ3n) is 2.37. The molecule has 0 radical (unpaired) electrons. The third kappa shape index (κ3) is 1.99. The molecule has 14 heavy (non-hydrogen) atoms. The Morgan fingerprint density at radius 1 is 1.43 bits per heavy atom. The Morgan fingerprint density at radius 2 is 2.14 bits per heavy atom. The number of para-hydroxylation sites is 1. The van der Waals surface area contributed by atoms with Gasteiger partial charge in [0.2, 0.25) is 0 Å². The first-order chi connectivity index (χ1) is 6.27. The number of anilines is 1. The number of carboxylic acids is 1. The van der Waals surface area contributed by atoms with Crippen LogP contribution in [0.2, 0.25) is 0 Å². The lowest BCUT2D eigenvalue weighted by Crippen LogP contribution is -2.29. The van der Waals surface area contributed by atoms with E-state index in [1.54, 1.807) is 0 Å². The summed E-state index contributed by atoms with van der Waals surface area (Å²) in [6, 6.07) is 7.84. The summed E-state index contributed by atoms with van der Waals surface area (Å²) in [5, 5.41) is 11.9. The first-order valence-corrected chi connectivity index (χ1v) is 4.32. The van der Waals surface area contributed by atoms with Gasteiger partial charge in [-0.05, 0) is 18.1 Å². The summed E-state index contributed by atoms with van der Waals surface area (Å²) in [7, 11) is 0. The van der Waals surface area contributed by atoms with Crippen molar-refractivity contribution in [2.24, 2.45) is 5.92 Å². The number of fused-ring (bicyclic) bond motifs is 1. The normalized spacial score (nSPS) is 18.7. The van der Waals surface area contributed by atoms with Crippen molar-refractivity contribution in [1.29, 1.82) is 0 Å². The fraction of sp³-hybridized carbons (Fsp3) is 0.300. The van der Waals surface area contributed by atoms with Crippen molar-refractivity contribution >= 4 is 24.1 Å². The van der Waals surface area contributed by atoms with Crippen LogP contribution in [0.3, 0.4) is 0 Å². The van der Waals surface area contributed by atoms with Crippen LogP contribution in [-0.4, -0.2) is 17.6 Å². The van der Waals surface area contributed by atoms with E-state index in [-0.39, 0.29) is 18.3 Å². The molecule has 1 aromatic rings. The van der Waals surface area contributed by atoms with Gasteiger partial charge in [-0.15, -0.1) is 12.4 Å². The smallest absolute Gasteiger partial charge is 0.308 e. The van der Waals surface area contributed by atoms with Gasteiger partial charge < -0.3 is 10.4 Å². The molecule has 1 aliphatic heterocycles. The maximum atomic E-state index is 10.7. The molecule has 0 spiro atoms. The van der Waals surface area contributed by atoms with Crippen LogP contribution in [0.25, 0.3) is 0 Å². The van der Waals surface area contributed by atoms with Gasteiger partial charge in [-0.2, -0.15) is 0 Å².